The van der Waals surface area contributed by atoms with Gasteiger partial charge in [-0.05, 0) is 24.5 Å². The van der Waals surface area contributed by atoms with E-state index in [1.165, 1.54) is 0 Å². The van der Waals surface area contributed by atoms with Crippen molar-refractivity contribution in [1.82, 2.24) is 0 Å². The van der Waals surface area contributed by atoms with Crippen molar-refractivity contribution in [2.24, 2.45) is 0 Å². The van der Waals surface area contributed by atoms with Gasteiger partial charge in [0.1, 0.15) is 11.4 Å². The lowest BCUT2D eigenvalue weighted by Crippen LogP contribution is -2.21. The van der Waals surface area contributed by atoms with Crippen LogP contribution >= 0.6 is 0 Å². The maximum Gasteiger partial charge on any atom is 0.122 e. The summed E-state index contributed by atoms with van der Waals surface area (Å²) in [5, 5.41) is 0. The van der Waals surface area contributed by atoms with Crippen LogP contribution in [0.4, 0.5) is 4.39 Å². The maximum atomic E-state index is 14.3. The third-order valence-corrected chi connectivity index (χ3v) is 3.20. The van der Waals surface area contributed by atoms with E-state index < -0.39 is 5.67 Å². The quantitative estimate of drug-likeness (QED) is 0.738. The minimum absolute atomic E-state index is 0.497. The summed E-state index contributed by atoms with van der Waals surface area (Å²) in [5.41, 5.74) is -0.00125. The minimum atomic E-state index is -0.991. The second-order valence-corrected chi connectivity index (χ2v) is 4.35. The number of hydrogen-bond acceptors (Lipinski definition) is 1. The fourth-order valence-corrected chi connectivity index (χ4v) is 2.38. The molecule has 1 fully saturated rings. The van der Waals surface area contributed by atoms with Crippen LogP contribution in [-0.2, 0) is 6.42 Å². The molecule has 0 heterocycles. The molecule has 1 aromatic rings. The Morgan fingerprint density at radius 1 is 1.27 bits per heavy atom. The first-order chi connectivity index (χ1) is 7.23. The largest absolute Gasteiger partial charge is 0.496 e. The highest BCUT2D eigenvalue weighted by molar-refractivity contribution is 5.34. The van der Waals surface area contributed by atoms with Crippen LogP contribution in [0.1, 0.15) is 31.2 Å². The molecular weight excluding hydrogens is 191 g/mol. The van der Waals surface area contributed by atoms with Crippen molar-refractivity contribution in [3.05, 3.63) is 29.8 Å². The molecule has 0 saturated heterocycles. The third-order valence-electron chi connectivity index (χ3n) is 3.20. The first-order valence-corrected chi connectivity index (χ1v) is 5.54. The Morgan fingerprint density at radius 3 is 2.60 bits per heavy atom. The van der Waals surface area contributed by atoms with E-state index in [9.17, 15) is 4.39 Å². The standard InChI is InChI=1S/C13H17FO/c1-15-12-7-3-2-6-11(12)10-13(14)8-4-5-9-13/h2-3,6-7H,4-5,8-10H2,1H3. The molecular formula is C13H17FO. The number of methoxy groups -OCH3 is 1. The van der Waals surface area contributed by atoms with E-state index in [0.717, 1.165) is 24.2 Å². The molecule has 0 spiro atoms. The Balaban J connectivity index is 2.16. The van der Waals surface area contributed by atoms with Gasteiger partial charge in [-0.3, -0.25) is 0 Å². The normalized spacial score (nSPS) is 19.1. The Bertz CT molecular complexity index is 329. The van der Waals surface area contributed by atoms with Crippen LogP contribution < -0.4 is 4.74 Å². The average Bonchev–Trinajstić information content (AvgIpc) is 2.66. The summed E-state index contributed by atoms with van der Waals surface area (Å²) >= 11 is 0. The van der Waals surface area contributed by atoms with Crippen molar-refractivity contribution >= 4 is 0 Å². The van der Waals surface area contributed by atoms with Crippen LogP contribution in [0.2, 0.25) is 0 Å². The van der Waals surface area contributed by atoms with Crippen LogP contribution in [0.15, 0.2) is 24.3 Å². The Morgan fingerprint density at radius 2 is 1.93 bits per heavy atom. The summed E-state index contributed by atoms with van der Waals surface area (Å²) in [4.78, 5) is 0. The maximum absolute atomic E-state index is 14.3. The van der Waals surface area contributed by atoms with Crippen molar-refractivity contribution in [2.45, 2.75) is 37.8 Å². The zero-order chi connectivity index (χ0) is 10.7. The fraction of sp³-hybridized carbons (Fsp3) is 0.538. The van der Waals surface area contributed by atoms with Crippen molar-refractivity contribution in [1.29, 1.82) is 0 Å². The van der Waals surface area contributed by atoms with Crippen LogP contribution in [0.5, 0.6) is 5.75 Å². The van der Waals surface area contributed by atoms with Crippen LogP contribution in [0, 0.1) is 0 Å². The van der Waals surface area contributed by atoms with Gasteiger partial charge in [-0.2, -0.15) is 0 Å². The molecule has 0 aromatic heterocycles. The monoisotopic (exact) mass is 208 g/mol. The van der Waals surface area contributed by atoms with Crippen LogP contribution in [0.25, 0.3) is 0 Å². The lowest BCUT2D eigenvalue weighted by atomic mass is 9.94. The molecule has 2 heteroatoms. The molecule has 1 saturated carbocycles. The summed E-state index contributed by atoms with van der Waals surface area (Å²) < 4.78 is 19.5. The van der Waals surface area contributed by atoms with Gasteiger partial charge in [0.05, 0.1) is 7.11 Å². The molecule has 1 aliphatic rings. The van der Waals surface area contributed by atoms with E-state index in [0.29, 0.717) is 19.3 Å². The van der Waals surface area contributed by atoms with Gasteiger partial charge in [0.25, 0.3) is 0 Å². The van der Waals surface area contributed by atoms with E-state index in [1.807, 2.05) is 24.3 Å². The van der Waals surface area contributed by atoms with Gasteiger partial charge in [-0.25, -0.2) is 4.39 Å². The van der Waals surface area contributed by atoms with Gasteiger partial charge in [0.2, 0.25) is 0 Å². The summed E-state index contributed by atoms with van der Waals surface area (Å²) in [6, 6.07) is 7.71. The lowest BCUT2D eigenvalue weighted by Gasteiger charge is -2.20. The highest BCUT2D eigenvalue weighted by Gasteiger charge is 2.34. The molecule has 0 N–H and O–H groups in total. The summed E-state index contributed by atoms with van der Waals surface area (Å²) in [7, 11) is 1.64. The fourth-order valence-electron chi connectivity index (χ4n) is 2.38. The molecule has 0 bridgehead atoms. The molecule has 0 radical (unpaired) electrons. The number of benzene rings is 1. The molecule has 82 valence electrons. The molecule has 1 nitrogen and oxygen atoms in total. The lowest BCUT2D eigenvalue weighted by molar-refractivity contribution is 0.171. The molecule has 0 atom stereocenters. The van der Waals surface area contributed by atoms with Crippen molar-refractivity contribution in [2.75, 3.05) is 7.11 Å². The molecule has 0 unspecified atom stereocenters. The number of para-hydroxylation sites is 1. The van der Waals surface area contributed by atoms with E-state index >= 15 is 0 Å². The molecule has 0 amide bonds. The highest BCUT2D eigenvalue weighted by Crippen LogP contribution is 2.37. The smallest absolute Gasteiger partial charge is 0.122 e. The zero-order valence-electron chi connectivity index (χ0n) is 9.13. The topological polar surface area (TPSA) is 9.23 Å². The van der Waals surface area contributed by atoms with E-state index in [1.54, 1.807) is 7.11 Å². The van der Waals surface area contributed by atoms with Crippen LogP contribution in [-0.4, -0.2) is 12.8 Å². The molecule has 1 aliphatic carbocycles. The number of hydrogen-bond donors (Lipinski definition) is 0. The van der Waals surface area contributed by atoms with E-state index in [-0.39, 0.29) is 0 Å². The van der Waals surface area contributed by atoms with Gasteiger partial charge < -0.3 is 4.74 Å². The number of ether oxygens (including phenoxy) is 1. The number of halogens is 1. The Labute approximate surface area is 90.3 Å². The van der Waals surface area contributed by atoms with Gasteiger partial charge in [-0.15, -0.1) is 0 Å². The zero-order valence-corrected chi connectivity index (χ0v) is 9.13. The molecule has 2 rings (SSSR count). The van der Waals surface area contributed by atoms with Crippen molar-refractivity contribution < 1.29 is 9.13 Å². The first-order valence-electron chi connectivity index (χ1n) is 5.54. The summed E-state index contributed by atoms with van der Waals surface area (Å²) in [6.45, 7) is 0. The Kier molecular flexibility index (Phi) is 2.94. The Hall–Kier alpha value is -1.05. The predicted octanol–water partition coefficient (Wildman–Crippen LogP) is 3.52. The highest BCUT2D eigenvalue weighted by atomic mass is 19.1. The predicted molar refractivity (Wildman–Crippen MR) is 59.0 cm³/mol. The van der Waals surface area contributed by atoms with Gasteiger partial charge >= 0.3 is 0 Å². The van der Waals surface area contributed by atoms with Crippen molar-refractivity contribution in [3.63, 3.8) is 0 Å². The second-order valence-electron chi connectivity index (χ2n) is 4.35. The van der Waals surface area contributed by atoms with E-state index in [4.69, 9.17) is 4.74 Å². The molecule has 15 heavy (non-hydrogen) atoms. The van der Waals surface area contributed by atoms with Crippen molar-refractivity contribution in [3.8, 4) is 5.75 Å². The minimum Gasteiger partial charge on any atom is -0.496 e. The van der Waals surface area contributed by atoms with E-state index in [2.05, 4.69) is 0 Å². The number of rotatable bonds is 3. The average molecular weight is 208 g/mol. The van der Waals surface area contributed by atoms with Gasteiger partial charge in [-0.1, -0.05) is 31.0 Å². The molecule has 1 aromatic carbocycles. The summed E-state index contributed by atoms with van der Waals surface area (Å²) in [6.07, 6.45) is 3.93. The van der Waals surface area contributed by atoms with Gasteiger partial charge in [0.15, 0.2) is 0 Å². The first kappa shape index (κ1) is 10.5. The van der Waals surface area contributed by atoms with Crippen LogP contribution in [0.3, 0.4) is 0 Å². The SMILES string of the molecule is COc1ccccc1CC1(F)CCCC1. The van der Waals surface area contributed by atoms with Gasteiger partial charge in [0, 0.05) is 6.42 Å². The second kappa shape index (κ2) is 4.21. The summed E-state index contributed by atoms with van der Waals surface area (Å²) in [5.74, 6) is 0.807. The molecule has 0 aliphatic heterocycles. The third kappa shape index (κ3) is 2.31. The number of alkyl halides is 1.